The zero-order chi connectivity index (χ0) is 16.1. The van der Waals surface area contributed by atoms with Crippen molar-refractivity contribution in [2.45, 2.75) is 41.0 Å². The van der Waals surface area contributed by atoms with Crippen LogP contribution in [0.2, 0.25) is 0 Å². The largest absolute Gasteiger partial charge is 0.262 e. The number of aryl methyl sites for hydroxylation is 3. The summed E-state index contributed by atoms with van der Waals surface area (Å²) in [5.74, 6) is 0. The van der Waals surface area contributed by atoms with E-state index in [9.17, 15) is 0 Å². The Hall–Kier alpha value is -2.22. The van der Waals surface area contributed by atoms with Crippen LogP contribution in [0.4, 0.5) is 0 Å². The van der Waals surface area contributed by atoms with Gasteiger partial charge in [-0.3, -0.25) is 9.97 Å². The molecular weight excluding hydrogens is 268 g/mol. The number of allylic oxidation sites excluding steroid dienone is 2. The lowest BCUT2D eigenvalue weighted by Gasteiger charge is -2.04. The molecule has 2 heterocycles. The van der Waals surface area contributed by atoms with Gasteiger partial charge < -0.3 is 0 Å². The molecule has 0 saturated heterocycles. The third-order valence-electron chi connectivity index (χ3n) is 3.66. The Bertz CT molecular complexity index is 814. The fraction of sp³-hybridized carbons (Fsp3) is 0.300. The van der Waals surface area contributed by atoms with E-state index in [4.69, 9.17) is 0 Å². The van der Waals surface area contributed by atoms with Crippen LogP contribution in [-0.4, -0.2) is 9.97 Å². The van der Waals surface area contributed by atoms with Crippen LogP contribution in [-0.2, 0) is 0 Å². The van der Waals surface area contributed by atoms with Gasteiger partial charge in [-0.1, -0.05) is 32.1 Å². The van der Waals surface area contributed by atoms with Gasteiger partial charge in [-0.15, -0.1) is 0 Å². The second-order valence-corrected chi connectivity index (χ2v) is 5.33. The van der Waals surface area contributed by atoms with Crippen molar-refractivity contribution in [2.75, 3.05) is 0 Å². The van der Waals surface area contributed by atoms with Crippen LogP contribution in [0, 0.1) is 20.8 Å². The van der Waals surface area contributed by atoms with Crippen LogP contribution in [0.15, 0.2) is 30.5 Å². The maximum Gasteiger partial charge on any atom is 0.0671 e. The molecule has 2 aromatic rings. The molecule has 2 heteroatoms. The molecule has 0 spiro atoms. The van der Waals surface area contributed by atoms with E-state index in [0.29, 0.717) is 0 Å². The predicted octanol–water partition coefficient (Wildman–Crippen LogP) is 3.48. The number of aromatic nitrogens is 2. The van der Waals surface area contributed by atoms with E-state index in [1.54, 1.807) is 0 Å². The lowest BCUT2D eigenvalue weighted by atomic mass is 10.0. The Morgan fingerprint density at radius 1 is 0.955 bits per heavy atom. The molecule has 0 saturated carbocycles. The van der Waals surface area contributed by atoms with Gasteiger partial charge >= 0.3 is 0 Å². The van der Waals surface area contributed by atoms with Crippen LogP contribution in [0.25, 0.3) is 17.7 Å². The molecule has 2 aromatic heterocycles. The van der Waals surface area contributed by atoms with E-state index >= 15 is 0 Å². The first kappa shape index (κ1) is 16.2. The highest BCUT2D eigenvalue weighted by Gasteiger charge is 2.04. The number of nitrogens with zero attached hydrogens (tertiary/aromatic N) is 2. The summed E-state index contributed by atoms with van der Waals surface area (Å²) in [5.41, 5.74) is 5.97. The van der Waals surface area contributed by atoms with Crippen LogP contribution in [0.3, 0.4) is 0 Å². The topological polar surface area (TPSA) is 25.8 Å². The molecular formula is C20H24N2. The van der Waals surface area contributed by atoms with E-state index < -0.39 is 0 Å². The zero-order valence-electron chi connectivity index (χ0n) is 14.1. The zero-order valence-corrected chi connectivity index (χ0v) is 14.1. The van der Waals surface area contributed by atoms with Crippen LogP contribution in [0.1, 0.15) is 42.8 Å². The second kappa shape index (κ2) is 7.17. The molecule has 0 aliphatic heterocycles. The molecule has 114 valence electrons. The molecule has 0 fully saturated rings. The summed E-state index contributed by atoms with van der Waals surface area (Å²) >= 11 is 0. The van der Waals surface area contributed by atoms with Gasteiger partial charge in [0.15, 0.2) is 0 Å². The normalized spacial score (nSPS) is 12.7. The fourth-order valence-corrected chi connectivity index (χ4v) is 2.67. The van der Waals surface area contributed by atoms with Crippen molar-refractivity contribution >= 4 is 17.7 Å². The number of rotatable bonds is 1. The molecule has 0 atom stereocenters. The highest BCUT2D eigenvalue weighted by molar-refractivity contribution is 5.75. The summed E-state index contributed by atoms with van der Waals surface area (Å²) in [5, 5.41) is 2.33. The minimum atomic E-state index is 0.906. The summed E-state index contributed by atoms with van der Waals surface area (Å²) in [6, 6.07) is 6.34. The summed E-state index contributed by atoms with van der Waals surface area (Å²) in [7, 11) is 0. The van der Waals surface area contributed by atoms with Gasteiger partial charge in [-0.2, -0.15) is 0 Å². The van der Waals surface area contributed by atoms with E-state index in [0.717, 1.165) is 23.2 Å². The fourth-order valence-electron chi connectivity index (χ4n) is 2.67. The van der Waals surface area contributed by atoms with Crippen molar-refractivity contribution in [3.8, 4) is 0 Å². The lowest BCUT2D eigenvalue weighted by molar-refractivity contribution is 1.10. The first-order valence-electron chi connectivity index (χ1n) is 7.92. The molecule has 0 unspecified atom stereocenters. The number of hydrogen-bond acceptors (Lipinski definition) is 2. The molecule has 0 N–H and O–H groups in total. The van der Waals surface area contributed by atoms with Crippen molar-refractivity contribution in [2.24, 2.45) is 0 Å². The minimum absolute atomic E-state index is 0.906. The third-order valence-corrected chi connectivity index (χ3v) is 3.66. The summed E-state index contributed by atoms with van der Waals surface area (Å²) < 4.78 is 0. The van der Waals surface area contributed by atoms with Gasteiger partial charge in [-0.05, 0) is 62.1 Å². The Labute approximate surface area is 133 Å². The minimum Gasteiger partial charge on any atom is -0.262 e. The molecule has 0 radical (unpaired) electrons. The average molecular weight is 292 g/mol. The maximum atomic E-state index is 4.65. The Morgan fingerprint density at radius 2 is 1.73 bits per heavy atom. The quantitative estimate of drug-likeness (QED) is 0.804. The Morgan fingerprint density at radius 3 is 2.45 bits per heavy atom. The summed E-state index contributed by atoms with van der Waals surface area (Å²) in [6.07, 6.45) is 9.40. The average Bonchev–Trinajstić information content (AvgIpc) is 2.72. The summed E-state index contributed by atoms with van der Waals surface area (Å²) in [6.45, 7) is 10.2. The monoisotopic (exact) mass is 292 g/mol. The smallest absolute Gasteiger partial charge is 0.0671 e. The third kappa shape index (κ3) is 3.51. The SMILES string of the molecule is CC.Cc1cc(C2=CC=c3c(C)cc(C)nc3=CC2)ccn1. The lowest BCUT2D eigenvalue weighted by Crippen LogP contribution is -2.30. The van der Waals surface area contributed by atoms with Crippen molar-refractivity contribution in [1.82, 2.24) is 9.97 Å². The number of pyridine rings is 2. The Balaban J connectivity index is 0.000000847. The highest BCUT2D eigenvalue weighted by Crippen LogP contribution is 2.19. The second-order valence-electron chi connectivity index (χ2n) is 5.33. The molecule has 22 heavy (non-hydrogen) atoms. The van der Waals surface area contributed by atoms with Crippen LogP contribution >= 0.6 is 0 Å². The molecule has 3 rings (SSSR count). The molecule has 2 nitrogen and oxygen atoms in total. The highest BCUT2D eigenvalue weighted by atomic mass is 14.7. The van der Waals surface area contributed by atoms with Crippen molar-refractivity contribution < 1.29 is 0 Å². The maximum absolute atomic E-state index is 4.65. The van der Waals surface area contributed by atoms with E-state index in [1.165, 1.54) is 21.9 Å². The van der Waals surface area contributed by atoms with Crippen LogP contribution in [0.5, 0.6) is 0 Å². The van der Waals surface area contributed by atoms with Gasteiger partial charge in [0.25, 0.3) is 0 Å². The molecule has 1 aliphatic rings. The predicted molar refractivity (Wildman–Crippen MR) is 94.8 cm³/mol. The van der Waals surface area contributed by atoms with Gasteiger partial charge in [0, 0.05) is 22.8 Å². The van der Waals surface area contributed by atoms with Crippen molar-refractivity contribution in [1.29, 1.82) is 0 Å². The van der Waals surface area contributed by atoms with E-state index in [-0.39, 0.29) is 0 Å². The first-order valence-corrected chi connectivity index (χ1v) is 7.92. The van der Waals surface area contributed by atoms with Gasteiger partial charge in [0.1, 0.15) is 0 Å². The van der Waals surface area contributed by atoms with Gasteiger partial charge in [-0.25, -0.2) is 0 Å². The van der Waals surface area contributed by atoms with E-state index in [2.05, 4.69) is 53.3 Å². The molecule has 1 aliphatic carbocycles. The molecule has 0 amide bonds. The number of hydrogen-bond donors (Lipinski definition) is 0. The summed E-state index contributed by atoms with van der Waals surface area (Å²) in [4.78, 5) is 8.91. The van der Waals surface area contributed by atoms with Gasteiger partial charge in [0.05, 0.1) is 5.35 Å². The van der Waals surface area contributed by atoms with Crippen molar-refractivity contribution in [3.05, 3.63) is 63.6 Å². The molecule has 0 aromatic carbocycles. The van der Waals surface area contributed by atoms with Crippen LogP contribution < -0.4 is 10.6 Å². The van der Waals surface area contributed by atoms with E-state index in [1.807, 2.05) is 33.9 Å². The molecule has 0 bridgehead atoms. The standard InChI is InChI=1S/C18H18N2.C2H6/c1-12-10-14(3)20-18-7-5-15(4-6-17(12)18)16-8-9-19-13(2)11-16;1-2/h4,6-11H,5H2,1-3H3;1-2H3. The van der Waals surface area contributed by atoms with Crippen molar-refractivity contribution in [3.63, 3.8) is 0 Å². The number of fused-ring (bicyclic) bond motifs is 1. The van der Waals surface area contributed by atoms with Gasteiger partial charge in [0.2, 0.25) is 0 Å². The first-order chi connectivity index (χ1) is 10.6. The Kier molecular flexibility index (Phi) is 5.26.